The van der Waals surface area contributed by atoms with Crippen LogP contribution in [0.3, 0.4) is 0 Å². The minimum absolute atomic E-state index is 0.0610. The molecule has 6 nitrogen and oxygen atoms in total. The molecule has 1 aliphatic rings. The van der Waals surface area contributed by atoms with Gasteiger partial charge >= 0.3 is 0 Å². The highest BCUT2D eigenvalue weighted by molar-refractivity contribution is 5.98. The Hall–Kier alpha value is -4.45. The van der Waals surface area contributed by atoms with E-state index in [1.165, 1.54) is 18.5 Å². The van der Waals surface area contributed by atoms with E-state index in [9.17, 15) is 5.11 Å². The van der Waals surface area contributed by atoms with Crippen LogP contribution in [0, 0.1) is 6.85 Å². The number of aromatic hydroxyl groups is 1. The number of hydrogen-bond acceptors (Lipinski definition) is 6. The Labute approximate surface area is 195 Å². The SMILES string of the molecule is [2H]C([2H])([2H])c1ccc(O)c2nc(-c3ccc4c(c3)N(c3ccncn3)c3ccccc3N4C)ccc12. The van der Waals surface area contributed by atoms with E-state index >= 15 is 0 Å². The smallest absolute Gasteiger partial charge is 0.141 e. The number of aromatic nitrogens is 3. The van der Waals surface area contributed by atoms with Crippen LogP contribution in [-0.4, -0.2) is 27.1 Å². The summed E-state index contributed by atoms with van der Waals surface area (Å²) >= 11 is 0. The van der Waals surface area contributed by atoms with Crippen molar-refractivity contribution in [3.8, 4) is 17.0 Å². The molecule has 1 N–H and O–H groups in total. The highest BCUT2D eigenvalue weighted by Crippen LogP contribution is 2.50. The monoisotopic (exact) mass is 434 g/mol. The molecule has 2 aromatic heterocycles. The molecule has 0 aliphatic carbocycles. The van der Waals surface area contributed by atoms with Crippen LogP contribution in [0.2, 0.25) is 0 Å². The first-order chi connectivity index (χ1) is 17.3. The highest BCUT2D eigenvalue weighted by Gasteiger charge is 2.28. The lowest BCUT2D eigenvalue weighted by atomic mass is 10.0. The molecule has 3 aromatic carbocycles. The summed E-state index contributed by atoms with van der Waals surface area (Å²) in [5.74, 6) is 0.671. The zero-order chi connectivity index (χ0) is 25.0. The number of anilines is 5. The number of pyridine rings is 1. The maximum absolute atomic E-state index is 10.5. The molecule has 0 bridgehead atoms. The Morgan fingerprint density at radius 2 is 1.73 bits per heavy atom. The molecule has 0 unspecified atom stereocenters. The molecule has 0 saturated carbocycles. The minimum Gasteiger partial charge on any atom is -0.506 e. The van der Waals surface area contributed by atoms with E-state index in [4.69, 9.17) is 4.11 Å². The molecule has 33 heavy (non-hydrogen) atoms. The second-order valence-electron chi connectivity index (χ2n) is 7.88. The summed E-state index contributed by atoms with van der Waals surface area (Å²) in [7, 11) is 2.03. The summed E-state index contributed by atoms with van der Waals surface area (Å²) in [6, 6.07) is 22.3. The van der Waals surface area contributed by atoms with Gasteiger partial charge in [0.05, 0.1) is 28.4 Å². The summed E-state index contributed by atoms with van der Waals surface area (Å²) in [6.07, 6.45) is 3.24. The third-order valence-electron chi connectivity index (χ3n) is 5.99. The van der Waals surface area contributed by atoms with Crippen LogP contribution in [0.25, 0.3) is 22.2 Å². The largest absolute Gasteiger partial charge is 0.506 e. The van der Waals surface area contributed by atoms with E-state index in [1.807, 2.05) is 49.5 Å². The van der Waals surface area contributed by atoms with E-state index in [1.54, 1.807) is 18.3 Å². The van der Waals surface area contributed by atoms with Crippen molar-refractivity contribution in [3.63, 3.8) is 0 Å². The predicted octanol–water partition coefficient (Wildman–Crippen LogP) is 6.26. The van der Waals surface area contributed by atoms with E-state index in [0.717, 1.165) is 34.1 Å². The first-order valence-corrected chi connectivity index (χ1v) is 10.5. The lowest BCUT2D eigenvalue weighted by Gasteiger charge is -2.38. The van der Waals surface area contributed by atoms with Gasteiger partial charge in [-0.05, 0) is 54.9 Å². The molecule has 1 aliphatic heterocycles. The number of phenolic OH excluding ortho intramolecular Hbond substituents is 1. The summed E-state index contributed by atoms with van der Waals surface area (Å²) in [6.45, 7) is -2.31. The third kappa shape index (κ3) is 2.99. The first kappa shape index (κ1) is 16.2. The Kier molecular flexibility index (Phi) is 3.59. The second kappa shape index (κ2) is 7.31. The quantitative estimate of drug-likeness (QED) is 0.354. The fourth-order valence-electron chi connectivity index (χ4n) is 4.37. The minimum atomic E-state index is -2.31. The first-order valence-electron chi connectivity index (χ1n) is 12.0. The number of aryl methyl sites for hydroxylation is 1. The lowest BCUT2D eigenvalue weighted by molar-refractivity contribution is 0.480. The van der Waals surface area contributed by atoms with Gasteiger partial charge in [-0.1, -0.05) is 30.3 Å². The Balaban J connectivity index is 1.54. The van der Waals surface area contributed by atoms with Crippen molar-refractivity contribution in [2.75, 3.05) is 16.8 Å². The number of rotatable bonds is 2. The molecule has 6 heteroatoms. The van der Waals surface area contributed by atoms with Gasteiger partial charge in [0.15, 0.2) is 0 Å². The van der Waals surface area contributed by atoms with Crippen molar-refractivity contribution < 1.29 is 9.22 Å². The highest BCUT2D eigenvalue weighted by atomic mass is 16.3. The van der Waals surface area contributed by atoms with Gasteiger partial charge in [-0.25, -0.2) is 15.0 Å². The standard InChI is InChI=1S/C27H21N5O/c1-17-7-12-25(33)27-19(17)9-10-20(30-27)18-8-11-22-24(15-18)32(26-13-14-28-16-29-26)23-6-4-3-5-21(23)31(22)2/h3-16,33H,1-2H3/i1D3. The second-order valence-corrected chi connectivity index (χ2v) is 7.88. The average molecular weight is 435 g/mol. The van der Waals surface area contributed by atoms with Crippen LogP contribution in [0.15, 0.2) is 85.3 Å². The van der Waals surface area contributed by atoms with Crippen LogP contribution >= 0.6 is 0 Å². The molecule has 0 fully saturated rings. The molecule has 0 amide bonds. The van der Waals surface area contributed by atoms with Gasteiger partial charge in [-0.2, -0.15) is 0 Å². The van der Waals surface area contributed by atoms with Crippen molar-refractivity contribution in [1.29, 1.82) is 0 Å². The van der Waals surface area contributed by atoms with Crippen LogP contribution in [0.4, 0.5) is 28.6 Å². The van der Waals surface area contributed by atoms with E-state index < -0.39 is 6.85 Å². The number of benzene rings is 3. The van der Waals surface area contributed by atoms with E-state index in [0.29, 0.717) is 11.1 Å². The number of hydrogen-bond donors (Lipinski definition) is 1. The molecule has 3 heterocycles. The summed E-state index contributed by atoms with van der Waals surface area (Å²) in [5, 5.41) is 10.9. The molecule has 0 atom stereocenters. The number of phenols is 1. The zero-order valence-electron chi connectivity index (χ0n) is 20.8. The van der Waals surface area contributed by atoms with Crippen LogP contribution in [0.5, 0.6) is 5.75 Å². The van der Waals surface area contributed by atoms with Gasteiger partial charge in [0.25, 0.3) is 0 Å². The number of para-hydroxylation sites is 2. The predicted molar refractivity (Wildman–Crippen MR) is 132 cm³/mol. The van der Waals surface area contributed by atoms with E-state index in [-0.39, 0.29) is 16.8 Å². The topological polar surface area (TPSA) is 65.4 Å². The van der Waals surface area contributed by atoms with Crippen molar-refractivity contribution in [2.24, 2.45) is 0 Å². The summed E-state index contributed by atoms with van der Waals surface area (Å²) in [5.41, 5.74) is 5.78. The molecule has 5 aromatic rings. The van der Waals surface area contributed by atoms with Crippen molar-refractivity contribution in [2.45, 2.75) is 6.85 Å². The van der Waals surface area contributed by atoms with Crippen molar-refractivity contribution in [1.82, 2.24) is 15.0 Å². The van der Waals surface area contributed by atoms with Gasteiger partial charge in [-0.15, -0.1) is 0 Å². The lowest BCUT2D eigenvalue weighted by Crippen LogP contribution is -2.24. The molecular formula is C27H21N5O. The normalized spacial score (nSPS) is 14.3. The van der Waals surface area contributed by atoms with Gasteiger partial charge in [0.2, 0.25) is 0 Å². The van der Waals surface area contributed by atoms with Crippen LogP contribution < -0.4 is 9.80 Å². The molecule has 6 rings (SSSR count). The Morgan fingerprint density at radius 3 is 2.55 bits per heavy atom. The average Bonchev–Trinajstić information content (AvgIpc) is 2.88. The maximum atomic E-state index is 10.5. The molecule has 0 spiro atoms. The Bertz CT molecular complexity index is 1620. The fraction of sp³-hybridized carbons (Fsp3) is 0.0741. The molecule has 0 saturated heterocycles. The van der Waals surface area contributed by atoms with Crippen molar-refractivity contribution in [3.05, 3.63) is 90.9 Å². The van der Waals surface area contributed by atoms with Gasteiger partial charge in [-0.3, -0.25) is 4.90 Å². The fourth-order valence-corrected chi connectivity index (χ4v) is 4.37. The van der Waals surface area contributed by atoms with Crippen LogP contribution in [-0.2, 0) is 0 Å². The maximum Gasteiger partial charge on any atom is 0.141 e. The summed E-state index contributed by atoms with van der Waals surface area (Å²) < 4.78 is 23.5. The van der Waals surface area contributed by atoms with Gasteiger partial charge < -0.3 is 10.0 Å². The number of nitrogens with zero attached hydrogens (tertiary/aromatic N) is 5. The molecular weight excluding hydrogens is 410 g/mol. The molecule has 160 valence electrons. The number of fused-ring (bicyclic) bond motifs is 3. The molecule has 0 radical (unpaired) electrons. The third-order valence-corrected chi connectivity index (χ3v) is 5.99. The summed E-state index contributed by atoms with van der Waals surface area (Å²) in [4.78, 5) is 17.5. The van der Waals surface area contributed by atoms with Gasteiger partial charge in [0, 0.05) is 28.3 Å². The van der Waals surface area contributed by atoms with Crippen molar-refractivity contribution >= 4 is 39.5 Å². The van der Waals surface area contributed by atoms with E-state index in [2.05, 4.69) is 30.8 Å². The Morgan fingerprint density at radius 1 is 0.879 bits per heavy atom. The zero-order valence-corrected chi connectivity index (χ0v) is 17.8. The van der Waals surface area contributed by atoms with Crippen LogP contribution in [0.1, 0.15) is 9.68 Å². The van der Waals surface area contributed by atoms with Gasteiger partial charge in [0.1, 0.15) is 23.4 Å².